The van der Waals surface area contributed by atoms with E-state index >= 15 is 0 Å². The molecule has 0 unspecified atom stereocenters. The zero-order chi connectivity index (χ0) is 24.0. The molecule has 1 fully saturated rings. The van der Waals surface area contributed by atoms with E-state index in [1.807, 2.05) is 0 Å². The quantitative estimate of drug-likeness (QED) is 0.491. The molecule has 3 heterocycles. The highest BCUT2D eigenvalue weighted by molar-refractivity contribution is 6.08. The Kier molecular flexibility index (Phi) is 7.04. The molecule has 1 saturated heterocycles. The van der Waals surface area contributed by atoms with Gasteiger partial charge in [-0.1, -0.05) is 0 Å². The Hall–Kier alpha value is -2.99. The van der Waals surface area contributed by atoms with E-state index in [0.29, 0.717) is 49.3 Å². The molecule has 0 saturated carbocycles. The molecule has 13 heteroatoms. The number of alkyl halides is 6. The lowest BCUT2D eigenvalue weighted by atomic mass is 10.1. The van der Waals surface area contributed by atoms with Crippen LogP contribution in [-0.2, 0) is 24.1 Å². The van der Waals surface area contributed by atoms with Gasteiger partial charge in [-0.3, -0.25) is 4.79 Å². The molecular weight excluding hydrogens is 490 g/mol. The number of pyridine rings is 1. The molecule has 0 aliphatic carbocycles. The lowest BCUT2D eigenvalue weighted by molar-refractivity contribution is -0.143. The largest absolute Gasteiger partial charge is 0.416 e. The van der Waals surface area contributed by atoms with E-state index in [4.69, 9.17) is 4.74 Å². The van der Waals surface area contributed by atoms with Crippen molar-refractivity contribution >= 4 is 40.7 Å². The number of morpholine rings is 1. The first-order chi connectivity index (χ1) is 15.4. The highest BCUT2D eigenvalue weighted by atomic mass is 35.5. The van der Waals surface area contributed by atoms with Gasteiger partial charge in [-0.25, -0.2) is 4.98 Å². The second-order valence-electron chi connectivity index (χ2n) is 7.53. The Morgan fingerprint density at radius 2 is 1.62 bits per heavy atom. The fourth-order valence-corrected chi connectivity index (χ4v) is 3.67. The highest BCUT2D eigenvalue weighted by Crippen LogP contribution is 2.38. The summed E-state index contributed by atoms with van der Waals surface area (Å²) in [4.78, 5) is 18.7. The first-order valence-corrected chi connectivity index (χ1v) is 9.82. The summed E-state index contributed by atoms with van der Waals surface area (Å²) >= 11 is 0. The van der Waals surface area contributed by atoms with E-state index < -0.39 is 29.2 Å². The fourth-order valence-electron chi connectivity index (χ4n) is 3.67. The van der Waals surface area contributed by atoms with Crippen molar-refractivity contribution in [2.24, 2.45) is 7.05 Å². The lowest BCUT2D eigenvalue weighted by Crippen LogP contribution is -2.40. The van der Waals surface area contributed by atoms with Crippen molar-refractivity contribution in [1.82, 2.24) is 14.5 Å². The molecule has 0 bridgehead atoms. The maximum absolute atomic E-state index is 13.2. The second-order valence-corrected chi connectivity index (χ2v) is 7.53. The SMILES string of the molecule is Cl.Cn1ccc2c(Nc3cc(C(F)(F)F)cc(C(F)(F)F)c3)ncc(C(=O)N3CCOCC3)c21. The Bertz CT molecular complexity index is 1170. The molecule has 1 aliphatic heterocycles. The summed E-state index contributed by atoms with van der Waals surface area (Å²) in [5.74, 6) is -0.265. The van der Waals surface area contributed by atoms with E-state index in [9.17, 15) is 31.1 Å². The molecule has 2 aromatic heterocycles. The van der Waals surface area contributed by atoms with Crippen LogP contribution in [0.15, 0.2) is 36.7 Å². The molecule has 4 rings (SSSR count). The number of nitrogens with one attached hydrogen (secondary N) is 1. The summed E-state index contributed by atoms with van der Waals surface area (Å²) in [5, 5.41) is 2.94. The van der Waals surface area contributed by atoms with Crippen molar-refractivity contribution in [3.05, 3.63) is 53.3 Å². The van der Waals surface area contributed by atoms with Gasteiger partial charge in [-0.05, 0) is 24.3 Å². The molecule has 184 valence electrons. The number of hydrogen-bond acceptors (Lipinski definition) is 4. The molecule has 1 amide bonds. The van der Waals surface area contributed by atoms with E-state index in [1.165, 1.54) is 6.20 Å². The average Bonchev–Trinajstić information content (AvgIpc) is 3.15. The van der Waals surface area contributed by atoms with E-state index in [-0.39, 0.29) is 35.8 Å². The van der Waals surface area contributed by atoms with Crippen LogP contribution in [0.2, 0.25) is 0 Å². The van der Waals surface area contributed by atoms with Gasteiger partial charge in [-0.2, -0.15) is 26.3 Å². The zero-order valence-electron chi connectivity index (χ0n) is 17.6. The minimum atomic E-state index is -4.97. The van der Waals surface area contributed by atoms with Gasteiger partial charge in [0.05, 0.1) is 35.4 Å². The van der Waals surface area contributed by atoms with Gasteiger partial charge in [0.15, 0.2) is 0 Å². The van der Waals surface area contributed by atoms with Gasteiger partial charge in [-0.15, -0.1) is 12.4 Å². The molecule has 34 heavy (non-hydrogen) atoms. The van der Waals surface area contributed by atoms with Crippen molar-refractivity contribution in [3.63, 3.8) is 0 Å². The van der Waals surface area contributed by atoms with Crippen LogP contribution < -0.4 is 5.32 Å². The Morgan fingerprint density at radius 3 is 2.18 bits per heavy atom. The normalized spacial score (nSPS) is 14.7. The van der Waals surface area contributed by atoms with Crippen LogP contribution in [0.4, 0.5) is 37.8 Å². The third-order valence-corrected chi connectivity index (χ3v) is 5.28. The number of aromatic nitrogens is 2. The number of nitrogens with zero attached hydrogens (tertiary/aromatic N) is 3. The number of halogens is 7. The minimum Gasteiger partial charge on any atom is -0.378 e. The summed E-state index contributed by atoms with van der Waals surface area (Å²) in [6, 6.07) is 2.80. The lowest BCUT2D eigenvalue weighted by Gasteiger charge is -2.27. The third kappa shape index (κ3) is 5.07. The van der Waals surface area contributed by atoms with Gasteiger partial charge >= 0.3 is 12.4 Å². The fraction of sp³-hybridized carbons (Fsp3) is 0.333. The Balaban J connectivity index is 0.00000324. The summed E-state index contributed by atoms with van der Waals surface area (Å²) in [5.41, 5.74) is -2.59. The molecule has 0 radical (unpaired) electrons. The van der Waals surface area contributed by atoms with Crippen LogP contribution in [-0.4, -0.2) is 46.7 Å². The second kappa shape index (κ2) is 9.34. The number of amides is 1. The van der Waals surface area contributed by atoms with Crippen molar-refractivity contribution in [2.45, 2.75) is 12.4 Å². The van der Waals surface area contributed by atoms with E-state index in [0.717, 1.165) is 0 Å². The van der Waals surface area contributed by atoms with Gasteiger partial charge in [0.1, 0.15) is 5.82 Å². The van der Waals surface area contributed by atoms with Crippen molar-refractivity contribution in [1.29, 1.82) is 0 Å². The molecule has 1 aliphatic rings. The smallest absolute Gasteiger partial charge is 0.378 e. The molecule has 1 aromatic carbocycles. The topological polar surface area (TPSA) is 59.4 Å². The molecule has 3 aromatic rings. The van der Waals surface area contributed by atoms with E-state index in [2.05, 4.69) is 10.3 Å². The molecule has 0 atom stereocenters. The summed E-state index contributed by atoms with van der Waals surface area (Å²) in [7, 11) is 1.67. The van der Waals surface area contributed by atoms with Crippen molar-refractivity contribution in [3.8, 4) is 0 Å². The van der Waals surface area contributed by atoms with Crippen LogP contribution in [0.1, 0.15) is 21.5 Å². The van der Waals surface area contributed by atoms with Gasteiger partial charge in [0.2, 0.25) is 0 Å². The summed E-state index contributed by atoms with van der Waals surface area (Å²) in [6.45, 7) is 1.59. The number of rotatable bonds is 3. The predicted molar refractivity (Wildman–Crippen MR) is 114 cm³/mol. The number of carbonyl (C=O) groups is 1. The predicted octanol–water partition coefficient (Wildman–Crippen LogP) is 5.25. The summed E-state index contributed by atoms with van der Waals surface area (Å²) in [6.07, 6.45) is -7.05. The standard InChI is InChI=1S/C21H18F6N4O2.ClH/c1-30-3-2-15-17(30)16(19(32)31-4-6-33-7-5-31)11-28-18(15)29-14-9-12(20(22,23)24)8-13(10-14)21(25,26)27;/h2-3,8-11H,4-7H2,1H3,(H,28,29);1H. The number of benzene rings is 1. The highest BCUT2D eigenvalue weighted by Gasteiger charge is 2.37. The van der Waals surface area contributed by atoms with Gasteiger partial charge < -0.3 is 19.5 Å². The minimum absolute atomic E-state index is 0. The first kappa shape index (κ1) is 25.6. The van der Waals surface area contributed by atoms with Crippen LogP contribution in [0.3, 0.4) is 0 Å². The third-order valence-electron chi connectivity index (χ3n) is 5.28. The zero-order valence-corrected chi connectivity index (χ0v) is 18.4. The van der Waals surface area contributed by atoms with E-state index in [1.54, 1.807) is 28.8 Å². The van der Waals surface area contributed by atoms with Crippen LogP contribution in [0.5, 0.6) is 0 Å². The number of carbonyl (C=O) groups excluding carboxylic acids is 1. The Labute approximate surface area is 195 Å². The monoisotopic (exact) mass is 508 g/mol. The molecule has 0 spiro atoms. The first-order valence-electron chi connectivity index (χ1n) is 9.82. The molecule has 1 N–H and O–H groups in total. The maximum atomic E-state index is 13.2. The van der Waals surface area contributed by atoms with Crippen LogP contribution in [0.25, 0.3) is 10.9 Å². The number of hydrogen-bond donors (Lipinski definition) is 1. The average molecular weight is 509 g/mol. The summed E-state index contributed by atoms with van der Waals surface area (Å²) < 4.78 is 86.0. The number of anilines is 2. The van der Waals surface area contributed by atoms with Crippen molar-refractivity contribution < 1.29 is 35.9 Å². The van der Waals surface area contributed by atoms with Gasteiger partial charge in [0, 0.05) is 43.6 Å². The number of fused-ring (bicyclic) bond motifs is 1. The number of ether oxygens (including phenoxy) is 1. The Morgan fingerprint density at radius 1 is 1.03 bits per heavy atom. The van der Waals surface area contributed by atoms with Gasteiger partial charge in [0.25, 0.3) is 5.91 Å². The van der Waals surface area contributed by atoms with Crippen molar-refractivity contribution in [2.75, 3.05) is 31.6 Å². The van der Waals surface area contributed by atoms with Crippen LogP contribution in [0, 0.1) is 0 Å². The van der Waals surface area contributed by atoms with Crippen LogP contribution >= 0.6 is 12.4 Å². The molecule has 6 nitrogen and oxygen atoms in total. The molecular formula is C21H19ClF6N4O2. The number of aryl methyl sites for hydroxylation is 1. The maximum Gasteiger partial charge on any atom is 0.416 e.